The van der Waals surface area contributed by atoms with Crippen LogP contribution < -0.4 is 5.73 Å². The van der Waals surface area contributed by atoms with Gasteiger partial charge in [-0.25, -0.2) is 0 Å². The highest BCUT2D eigenvalue weighted by molar-refractivity contribution is 4.81. The SMILES string of the molecule is CCCCN(C(C)CC)C(CN)CC(C)(C)C. The maximum atomic E-state index is 6.00. The van der Waals surface area contributed by atoms with Crippen LogP contribution in [0.5, 0.6) is 0 Å². The van der Waals surface area contributed by atoms with Gasteiger partial charge in [0.1, 0.15) is 0 Å². The Morgan fingerprint density at radius 1 is 1.18 bits per heavy atom. The van der Waals surface area contributed by atoms with Gasteiger partial charge in [-0.3, -0.25) is 4.90 Å². The van der Waals surface area contributed by atoms with Crippen molar-refractivity contribution in [2.75, 3.05) is 13.1 Å². The number of nitrogens with zero attached hydrogens (tertiary/aromatic N) is 1. The predicted molar refractivity (Wildman–Crippen MR) is 78.3 cm³/mol. The average Bonchev–Trinajstić information content (AvgIpc) is 2.25. The van der Waals surface area contributed by atoms with E-state index >= 15 is 0 Å². The van der Waals surface area contributed by atoms with Crippen LogP contribution in [0.3, 0.4) is 0 Å². The summed E-state index contributed by atoms with van der Waals surface area (Å²) in [7, 11) is 0. The fraction of sp³-hybridized carbons (Fsp3) is 1.00. The molecule has 0 saturated heterocycles. The van der Waals surface area contributed by atoms with Gasteiger partial charge in [0.05, 0.1) is 0 Å². The van der Waals surface area contributed by atoms with Crippen LogP contribution in [0, 0.1) is 5.41 Å². The largest absolute Gasteiger partial charge is 0.329 e. The third-order valence-electron chi connectivity index (χ3n) is 3.52. The summed E-state index contributed by atoms with van der Waals surface area (Å²) in [5.41, 5.74) is 6.37. The van der Waals surface area contributed by atoms with E-state index in [1.807, 2.05) is 0 Å². The van der Waals surface area contributed by atoms with E-state index in [-0.39, 0.29) is 0 Å². The lowest BCUT2D eigenvalue weighted by Gasteiger charge is -2.38. The van der Waals surface area contributed by atoms with Gasteiger partial charge in [-0.1, -0.05) is 41.0 Å². The Bertz CT molecular complexity index is 184. The lowest BCUT2D eigenvalue weighted by atomic mass is 9.87. The van der Waals surface area contributed by atoms with E-state index in [4.69, 9.17) is 5.73 Å². The summed E-state index contributed by atoms with van der Waals surface area (Å²) in [6, 6.07) is 1.19. The van der Waals surface area contributed by atoms with Crippen LogP contribution >= 0.6 is 0 Å². The van der Waals surface area contributed by atoms with Crippen molar-refractivity contribution in [1.82, 2.24) is 4.90 Å². The first-order chi connectivity index (χ1) is 7.85. The zero-order valence-electron chi connectivity index (χ0n) is 12.9. The van der Waals surface area contributed by atoms with E-state index in [1.54, 1.807) is 0 Å². The topological polar surface area (TPSA) is 29.3 Å². The van der Waals surface area contributed by atoms with Gasteiger partial charge in [0, 0.05) is 18.6 Å². The minimum Gasteiger partial charge on any atom is -0.329 e. The highest BCUT2D eigenvalue weighted by Gasteiger charge is 2.25. The van der Waals surface area contributed by atoms with Gasteiger partial charge in [-0.15, -0.1) is 0 Å². The number of unbranched alkanes of at least 4 members (excludes halogenated alkanes) is 1. The van der Waals surface area contributed by atoms with Gasteiger partial charge in [0.25, 0.3) is 0 Å². The molecule has 0 aliphatic carbocycles. The van der Waals surface area contributed by atoms with Gasteiger partial charge in [-0.2, -0.15) is 0 Å². The van der Waals surface area contributed by atoms with E-state index in [2.05, 4.69) is 46.4 Å². The highest BCUT2D eigenvalue weighted by Crippen LogP contribution is 2.25. The van der Waals surface area contributed by atoms with Crippen LogP contribution in [0.2, 0.25) is 0 Å². The van der Waals surface area contributed by atoms with Crippen LogP contribution in [0.15, 0.2) is 0 Å². The molecule has 0 saturated carbocycles. The Labute approximate surface area is 109 Å². The van der Waals surface area contributed by atoms with E-state index in [1.165, 1.54) is 32.2 Å². The van der Waals surface area contributed by atoms with Gasteiger partial charge < -0.3 is 5.73 Å². The Morgan fingerprint density at radius 2 is 1.76 bits per heavy atom. The van der Waals surface area contributed by atoms with Crippen LogP contribution in [-0.4, -0.2) is 30.1 Å². The van der Waals surface area contributed by atoms with Gasteiger partial charge in [0.15, 0.2) is 0 Å². The summed E-state index contributed by atoms with van der Waals surface area (Å²) in [4.78, 5) is 2.63. The summed E-state index contributed by atoms with van der Waals surface area (Å²) in [6.07, 6.45) is 4.95. The Hall–Kier alpha value is -0.0800. The first-order valence-corrected chi connectivity index (χ1v) is 7.31. The summed E-state index contributed by atoms with van der Waals surface area (Å²) >= 11 is 0. The fourth-order valence-corrected chi connectivity index (χ4v) is 2.38. The molecule has 17 heavy (non-hydrogen) atoms. The standard InChI is InChI=1S/C15H34N2/c1-7-9-10-17(13(3)8-2)14(12-16)11-15(4,5)6/h13-14H,7-12,16H2,1-6H3. The molecule has 0 amide bonds. The van der Waals surface area contributed by atoms with E-state index in [9.17, 15) is 0 Å². The predicted octanol–water partition coefficient (Wildman–Crippen LogP) is 3.65. The van der Waals surface area contributed by atoms with Crippen LogP contribution in [0.25, 0.3) is 0 Å². The molecule has 2 unspecified atom stereocenters. The normalized spacial score (nSPS) is 16.2. The summed E-state index contributed by atoms with van der Waals surface area (Å²) in [5, 5.41) is 0. The van der Waals surface area contributed by atoms with Gasteiger partial charge >= 0.3 is 0 Å². The second-order valence-corrected chi connectivity index (χ2v) is 6.50. The molecule has 0 aliphatic rings. The lowest BCUT2D eigenvalue weighted by Crippen LogP contribution is -2.47. The zero-order chi connectivity index (χ0) is 13.5. The molecule has 0 fully saturated rings. The van der Waals surface area contributed by atoms with Crippen molar-refractivity contribution in [3.63, 3.8) is 0 Å². The second kappa shape index (κ2) is 8.10. The van der Waals surface area contributed by atoms with E-state index < -0.39 is 0 Å². The molecule has 104 valence electrons. The molecule has 2 nitrogen and oxygen atoms in total. The van der Waals surface area contributed by atoms with Crippen LogP contribution in [0.4, 0.5) is 0 Å². The first kappa shape index (κ1) is 16.9. The minimum absolute atomic E-state index is 0.363. The third-order valence-corrected chi connectivity index (χ3v) is 3.52. The third kappa shape index (κ3) is 7.05. The molecule has 0 spiro atoms. The minimum atomic E-state index is 0.363. The van der Waals surface area contributed by atoms with Crippen LogP contribution in [-0.2, 0) is 0 Å². The Balaban J connectivity index is 4.59. The lowest BCUT2D eigenvalue weighted by molar-refractivity contribution is 0.108. The molecular weight excluding hydrogens is 208 g/mol. The first-order valence-electron chi connectivity index (χ1n) is 7.31. The highest BCUT2D eigenvalue weighted by atomic mass is 15.2. The molecule has 0 radical (unpaired) electrons. The molecule has 0 rings (SSSR count). The van der Waals surface area contributed by atoms with Crippen molar-refractivity contribution < 1.29 is 0 Å². The summed E-state index contributed by atoms with van der Waals surface area (Å²) in [6.45, 7) is 15.8. The molecule has 0 aliphatic heterocycles. The number of hydrogen-bond acceptors (Lipinski definition) is 2. The fourth-order valence-electron chi connectivity index (χ4n) is 2.38. The summed E-state index contributed by atoms with van der Waals surface area (Å²) in [5.74, 6) is 0. The van der Waals surface area contributed by atoms with E-state index in [0.717, 1.165) is 6.54 Å². The van der Waals surface area contributed by atoms with Crippen molar-refractivity contribution in [3.05, 3.63) is 0 Å². The average molecular weight is 242 g/mol. The van der Waals surface area contributed by atoms with Crippen molar-refractivity contribution in [2.24, 2.45) is 11.1 Å². The number of hydrogen-bond donors (Lipinski definition) is 1. The van der Waals surface area contributed by atoms with Gasteiger partial charge in [0.2, 0.25) is 0 Å². The molecule has 0 bridgehead atoms. The molecule has 2 heteroatoms. The van der Waals surface area contributed by atoms with Crippen molar-refractivity contribution in [2.45, 2.75) is 79.3 Å². The van der Waals surface area contributed by atoms with E-state index in [0.29, 0.717) is 17.5 Å². The second-order valence-electron chi connectivity index (χ2n) is 6.50. The molecule has 2 atom stereocenters. The van der Waals surface area contributed by atoms with Crippen molar-refractivity contribution >= 4 is 0 Å². The summed E-state index contributed by atoms with van der Waals surface area (Å²) < 4.78 is 0. The number of rotatable bonds is 8. The maximum absolute atomic E-state index is 6.00. The molecule has 0 heterocycles. The quantitative estimate of drug-likeness (QED) is 0.704. The van der Waals surface area contributed by atoms with Crippen LogP contribution in [0.1, 0.15) is 67.2 Å². The molecule has 0 aromatic heterocycles. The smallest absolute Gasteiger partial charge is 0.0226 e. The molecule has 0 aromatic rings. The number of nitrogens with two attached hydrogens (primary N) is 1. The van der Waals surface area contributed by atoms with Crippen molar-refractivity contribution in [3.8, 4) is 0 Å². The maximum Gasteiger partial charge on any atom is 0.0226 e. The Morgan fingerprint density at radius 3 is 2.12 bits per heavy atom. The molecular formula is C15H34N2. The monoisotopic (exact) mass is 242 g/mol. The molecule has 0 aromatic carbocycles. The zero-order valence-corrected chi connectivity index (χ0v) is 12.9. The molecule has 2 N–H and O–H groups in total. The van der Waals surface area contributed by atoms with Gasteiger partial charge in [-0.05, 0) is 38.1 Å². The Kier molecular flexibility index (Phi) is 8.06. The van der Waals surface area contributed by atoms with Crippen molar-refractivity contribution in [1.29, 1.82) is 0 Å².